The maximum absolute atomic E-state index is 5.70. The number of halogens is 1. The number of nitrogens with one attached hydrogen (secondary N) is 1. The number of benzene rings is 2. The molecule has 0 spiro atoms. The van der Waals surface area contributed by atoms with Crippen molar-refractivity contribution in [1.82, 2.24) is 5.32 Å². The molecule has 3 N–H and O–H groups in total. The van der Waals surface area contributed by atoms with Crippen LogP contribution in [0.2, 0.25) is 0 Å². The first-order chi connectivity index (χ1) is 8.20. The van der Waals surface area contributed by atoms with Crippen molar-refractivity contribution in [3.05, 3.63) is 64.1 Å². The number of hydrogen-bond donors (Lipinski definition) is 2. The van der Waals surface area contributed by atoms with Gasteiger partial charge in [-0.1, -0.05) is 40.2 Å². The van der Waals surface area contributed by atoms with E-state index in [9.17, 15) is 0 Å². The Bertz CT molecular complexity index is 431. The van der Waals surface area contributed by atoms with Gasteiger partial charge in [-0.2, -0.15) is 0 Å². The summed E-state index contributed by atoms with van der Waals surface area (Å²) >= 11 is 3.45. The van der Waals surface area contributed by atoms with Gasteiger partial charge in [0.2, 0.25) is 0 Å². The first-order valence-corrected chi connectivity index (χ1v) is 6.28. The van der Waals surface area contributed by atoms with Gasteiger partial charge < -0.3 is 11.1 Å². The Balaban J connectivity index is 2.33. The lowest BCUT2D eigenvalue weighted by molar-refractivity contribution is 0.692. The monoisotopic (exact) mass is 290 g/mol. The van der Waals surface area contributed by atoms with E-state index in [4.69, 9.17) is 5.73 Å². The molecule has 0 amide bonds. The number of nitrogen functional groups attached to an aromatic ring is 1. The van der Waals surface area contributed by atoms with Crippen molar-refractivity contribution >= 4 is 21.6 Å². The van der Waals surface area contributed by atoms with E-state index in [1.54, 1.807) is 0 Å². The van der Waals surface area contributed by atoms with Crippen molar-refractivity contribution in [2.45, 2.75) is 6.04 Å². The highest BCUT2D eigenvalue weighted by Crippen LogP contribution is 2.23. The van der Waals surface area contributed by atoms with Crippen LogP contribution in [0.1, 0.15) is 17.2 Å². The van der Waals surface area contributed by atoms with Gasteiger partial charge in [0.25, 0.3) is 0 Å². The lowest BCUT2D eigenvalue weighted by atomic mass is 9.99. The SMILES string of the molecule is CNC(c1ccc(N)cc1)c1ccc(Br)cc1. The molecule has 0 fully saturated rings. The first-order valence-electron chi connectivity index (χ1n) is 5.49. The average molecular weight is 291 g/mol. The summed E-state index contributed by atoms with van der Waals surface area (Å²) in [6.45, 7) is 0. The molecule has 2 nitrogen and oxygen atoms in total. The molecular formula is C14H15BrN2. The molecule has 2 aromatic carbocycles. The standard InChI is InChI=1S/C14H15BrN2/c1-17-14(10-2-6-12(15)7-3-10)11-4-8-13(16)9-5-11/h2-9,14,17H,16H2,1H3. The van der Waals surface area contributed by atoms with Crippen LogP contribution in [0.15, 0.2) is 53.0 Å². The van der Waals surface area contributed by atoms with Gasteiger partial charge in [0.1, 0.15) is 0 Å². The van der Waals surface area contributed by atoms with E-state index in [-0.39, 0.29) is 6.04 Å². The molecule has 88 valence electrons. The van der Waals surface area contributed by atoms with Gasteiger partial charge in [0, 0.05) is 10.2 Å². The lowest BCUT2D eigenvalue weighted by Crippen LogP contribution is -2.17. The predicted molar refractivity (Wildman–Crippen MR) is 75.9 cm³/mol. The largest absolute Gasteiger partial charge is 0.399 e. The second kappa shape index (κ2) is 5.34. The number of hydrogen-bond acceptors (Lipinski definition) is 2. The normalized spacial score (nSPS) is 12.4. The lowest BCUT2D eigenvalue weighted by Gasteiger charge is -2.17. The van der Waals surface area contributed by atoms with E-state index in [0.29, 0.717) is 0 Å². The van der Waals surface area contributed by atoms with Crippen LogP contribution in [0.5, 0.6) is 0 Å². The van der Waals surface area contributed by atoms with Gasteiger partial charge in [0.15, 0.2) is 0 Å². The van der Waals surface area contributed by atoms with E-state index in [2.05, 4.69) is 57.6 Å². The molecule has 1 unspecified atom stereocenters. The topological polar surface area (TPSA) is 38.0 Å². The Kier molecular flexibility index (Phi) is 3.82. The zero-order valence-corrected chi connectivity index (χ0v) is 11.2. The third kappa shape index (κ3) is 2.87. The van der Waals surface area contributed by atoms with E-state index >= 15 is 0 Å². The Hall–Kier alpha value is -1.32. The van der Waals surface area contributed by atoms with Gasteiger partial charge >= 0.3 is 0 Å². The maximum atomic E-state index is 5.70. The van der Waals surface area contributed by atoms with Crippen LogP contribution in [0.4, 0.5) is 5.69 Å². The number of anilines is 1. The molecule has 3 heteroatoms. The smallest absolute Gasteiger partial charge is 0.0574 e. The van der Waals surface area contributed by atoms with E-state index in [0.717, 1.165) is 10.2 Å². The molecule has 0 aliphatic rings. The predicted octanol–water partition coefficient (Wildman–Crippen LogP) is 3.34. The summed E-state index contributed by atoms with van der Waals surface area (Å²) in [5, 5.41) is 3.32. The van der Waals surface area contributed by atoms with Crippen molar-refractivity contribution in [2.75, 3.05) is 12.8 Å². The first kappa shape index (κ1) is 12.1. The highest BCUT2D eigenvalue weighted by Gasteiger charge is 2.11. The summed E-state index contributed by atoms with van der Waals surface area (Å²) in [5.74, 6) is 0. The van der Waals surface area contributed by atoms with Crippen LogP contribution in [0.25, 0.3) is 0 Å². The Morgan fingerprint density at radius 3 is 1.88 bits per heavy atom. The van der Waals surface area contributed by atoms with E-state index in [1.165, 1.54) is 11.1 Å². The van der Waals surface area contributed by atoms with Crippen LogP contribution in [-0.2, 0) is 0 Å². The summed E-state index contributed by atoms with van der Waals surface area (Å²) in [6.07, 6.45) is 0. The van der Waals surface area contributed by atoms with Gasteiger partial charge in [-0.15, -0.1) is 0 Å². The highest BCUT2D eigenvalue weighted by atomic mass is 79.9. The Labute approximate surface area is 110 Å². The molecule has 0 radical (unpaired) electrons. The van der Waals surface area contributed by atoms with E-state index in [1.807, 2.05) is 19.2 Å². The van der Waals surface area contributed by atoms with Crippen LogP contribution in [-0.4, -0.2) is 7.05 Å². The fourth-order valence-electron chi connectivity index (χ4n) is 1.87. The fourth-order valence-corrected chi connectivity index (χ4v) is 2.13. The molecular weight excluding hydrogens is 276 g/mol. The van der Waals surface area contributed by atoms with Gasteiger partial charge in [-0.3, -0.25) is 0 Å². The van der Waals surface area contributed by atoms with Crippen molar-refractivity contribution in [1.29, 1.82) is 0 Å². The molecule has 0 aliphatic heterocycles. The molecule has 2 rings (SSSR count). The minimum absolute atomic E-state index is 0.198. The van der Waals surface area contributed by atoms with Crippen LogP contribution in [0, 0.1) is 0 Å². The quantitative estimate of drug-likeness (QED) is 0.851. The van der Waals surface area contributed by atoms with Crippen molar-refractivity contribution in [3.63, 3.8) is 0 Å². The summed E-state index contributed by atoms with van der Waals surface area (Å²) in [6, 6.07) is 16.5. The van der Waals surface area contributed by atoms with E-state index < -0.39 is 0 Å². The Morgan fingerprint density at radius 1 is 0.941 bits per heavy atom. The molecule has 0 aliphatic carbocycles. The molecule has 0 saturated heterocycles. The highest BCUT2D eigenvalue weighted by molar-refractivity contribution is 9.10. The minimum atomic E-state index is 0.198. The second-order valence-electron chi connectivity index (χ2n) is 3.94. The van der Waals surface area contributed by atoms with Crippen LogP contribution >= 0.6 is 15.9 Å². The molecule has 1 atom stereocenters. The van der Waals surface area contributed by atoms with Crippen molar-refractivity contribution in [2.24, 2.45) is 0 Å². The van der Waals surface area contributed by atoms with Crippen molar-refractivity contribution < 1.29 is 0 Å². The Morgan fingerprint density at radius 2 is 1.41 bits per heavy atom. The third-order valence-electron chi connectivity index (χ3n) is 2.76. The molecule has 17 heavy (non-hydrogen) atoms. The van der Waals surface area contributed by atoms with Gasteiger partial charge in [-0.05, 0) is 42.4 Å². The third-order valence-corrected chi connectivity index (χ3v) is 3.29. The second-order valence-corrected chi connectivity index (χ2v) is 4.86. The molecule has 0 bridgehead atoms. The molecule has 0 heterocycles. The number of rotatable bonds is 3. The van der Waals surface area contributed by atoms with Gasteiger partial charge in [-0.25, -0.2) is 0 Å². The average Bonchev–Trinajstić information content (AvgIpc) is 2.35. The summed E-state index contributed by atoms with van der Waals surface area (Å²) in [7, 11) is 1.96. The molecule has 0 saturated carbocycles. The zero-order valence-electron chi connectivity index (χ0n) is 9.65. The molecule has 0 aromatic heterocycles. The molecule has 2 aromatic rings. The van der Waals surface area contributed by atoms with Gasteiger partial charge in [0.05, 0.1) is 6.04 Å². The van der Waals surface area contributed by atoms with Crippen LogP contribution < -0.4 is 11.1 Å². The van der Waals surface area contributed by atoms with Crippen LogP contribution in [0.3, 0.4) is 0 Å². The summed E-state index contributed by atoms with van der Waals surface area (Å²) in [5.41, 5.74) is 8.94. The van der Waals surface area contributed by atoms with Crippen molar-refractivity contribution in [3.8, 4) is 0 Å². The minimum Gasteiger partial charge on any atom is -0.399 e. The maximum Gasteiger partial charge on any atom is 0.0574 e. The summed E-state index contributed by atoms with van der Waals surface area (Å²) < 4.78 is 1.09. The zero-order chi connectivity index (χ0) is 12.3. The fraction of sp³-hybridized carbons (Fsp3) is 0.143. The number of nitrogens with two attached hydrogens (primary N) is 1. The summed E-state index contributed by atoms with van der Waals surface area (Å²) in [4.78, 5) is 0.